The van der Waals surface area contributed by atoms with Crippen molar-refractivity contribution in [3.63, 3.8) is 0 Å². The molecule has 0 radical (unpaired) electrons. The smallest absolute Gasteiger partial charge is 0.228 e. The number of amides is 1. The number of carbonyl (C=O) groups is 1. The first-order valence-corrected chi connectivity index (χ1v) is 6.87. The van der Waals surface area contributed by atoms with Gasteiger partial charge in [0.15, 0.2) is 5.58 Å². The number of benzene rings is 1. The summed E-state index contributed by atoms with van der Waals surface area (Å²) < 4.78 is 5.21. The van der Waals surface area contributed by atoms with Crippen LogP contribution in [0.4, 0.5) is 0 Å². The Morgan fingerprint density at radius 1 is 1.40 bits per heavy atom. The molecule has 0 atom stereocenters. The van der Waals surface area contributed by atoms with Crippen molar-refractivity contribution < 1.29 is 14.4 Å². The summed E-state index contributed by atoms with van der Waals surface area (Å²) in [5.41, 5.74) is 1.36. The number of fused-ring (bicyclic) bond motifs is 1. The molecule has 0 spiro atoms. The molecule has 2 rings (SSSR count). The van der Waals surface area contributed by atoms with Gasteiger partial charge in [0.25, 0.3) is 0 Å². The normalized spacial score (nSPS) is 11.2. The van der Waals surface area contributed by atoms with Crippen molar-refractivity contribution in [3.8, 4) is 0 Å². The third kappa shape index (κ3) is 3.17. The maximum Gasteiger partial charge on any atom is 0.228 e. The molecule has 5 nitrogen and oxygen atoms in total. The lowest BCUT2D eigenvalue weighted by Gasteiger charge is -2.26. The lowest BCUT2D eigenvalue weighted by Crippen LogP contribution is -2.39. The van der Waals surface area contributed by atoms with Gasteiger partial charge in [0.2, 0.25) is 5.91 Å². The number of rotatable bonds is 6. The first-order valence-electron chi connectivity index (χ1n) is 6.87. The topological polar surface area (TPSA) is 66.6 Å². The van der Waals surface area contributed by atoms with Gasteiger partial charge in [-0.1, -0.05) is 17.3 Å². The van der Waals surface area contributed by atoms with E-state index in [4.69, 9.17) is 9.63 Å². The van der Waals surface area contributed by atoms with E-state index in [1.807, 2.05) is 38.1 Å². The van der Waals surface area contributed by atoms with Crippen LogP contribution in [0, 0.1) is 0 Å². The minimum Gasteiger partial charge on any atom is -0.396 e. The van der Waals surface area contributed by atoms with E-state index in [9.17, 15) is 4.79 Å². The maximum atomic E-state index is 12.4. The van der Waals surface area contributed by atoms with Gasteiger partial charge in [0.1, 0.15) is 5.69 Å². The largest absolute Gasteiger partial charge is 0.396 e. The Labute approximate surface area is 118 Å². The van der Waals surface area contributed by atoms with Crippen LogP contribution >= 0.6 is 0 Å². The van der Waals surface area contributed by atoms with Crippen LogP contribution < -0.4 is 0 Å². The van der Waals surface area contributed by atoms with E-state index >= 15 is 0 Å². The number of aliphatic hydroxyl groups excluding tert-OH is 1. The van der Waals surface area contributed by atoms with E-state index in [0.717, 1.165) is 5.39 Å². The molecular weight excluding hydrogens is 256 g/mol. The number of nitrogens with zero attached hydrogens (tertiary/aromatic N) is 2. The van der Waals surface area contributed by atoms with Gasteiger partial charge in [-0.2, -0.15) is 0 Å². The summed E-state index contributed by atoms with van der Waals surface area (Å²) in [5, 5.41) is 13.8. The molecule has 0 saturated carbocycles. The van der Waals surface area contributed by atoms with Crippen LogP contribution in [-0.4, -0.2) is 40.3 Å². The lowest BCUT2D eigenvalue weighted by molar-refractivity contribution is -0.132. The molecule has 108 valence electrons. The van der Waals surface area contributed by atoms with Crippen molar-refractivity contribution in [2.75, 3.05) is 13.2 Å². The average molecular weight is 276 g/mol. The zero-order valence-electron chi connectivity index (χ0n) is 11.9. The third-order valence-corrected chi connectivity index (χ3v) is 3.27. The van der Waals surface area contributed by atoms with Crippen molar-refractivity contribution in [1.82, 2.24) is 10.1 Å². The summed E-state index contributed by atoms with van der Waals surface area (Å²) in [6, 6.07) is 7.62. The Morgan fingerprint density at radius 2 is 2.15 bits per heavy atom. The maximum absolute atomic E-state index is 12.4. The first-order chi connectivity index (χ1) is 9.63. The van der Waals surface area contributed by atoms with E-state index in [0.29, 0.717) is 24.2 Å². The van der Waals surface area contributed by atoms with Gasteiger partial charge in [0.05, 0.1) is 6.42 Å². The van der Waals surface area contributed by atoms with E-state index in [-0.39, 0.29) is 25.0 Å². The Kier molecular flexibility index (Phi) is 4.74. The highest BCUT2D eigenvalue weighted by molar-refractivity contribution is 5.86. The molecule has 0 fully saturated rings. The summed E-state index contributed by atoms with van der Waals surface area (Å²) in [5.74, 6) is 0.00695. The summed E-state index contributed by atoms with van der Waals surface area (Å²) in [4.78, 5) is 14.1. The van der Waals surface area contributed by atoms with Crippen LogP contribution in [-0.2, 0) is 11.2 Å². The zero-order chi connectivity index (χ0) is 14.5. The summed E-state index contributed by atoms with van der Waals surface area (Å²) in [6.45, 7) is 4.58. The molecule has 1 amide bonds. The molecule has 0 aliphatic heterocycles. The Balaban J connectivity index is 2.13. The standard InChI is InChI=1S/C15H20N2O3/c1-11(2)17(8-5-9-18)15(19)10-13-12-6-3-4-7-14(12)20-16-13/h3-4,6-7,11,18H,5,8-10H2,1-2H3. The van der Waals surface area contributed by atoms with E-state index in [1.165, 1.54) is 0 Å². The van der Waals surface area contributed by atoms with Crippen molar-refractivity contribution in [2.45, 2.75) is 32.7 Å². The number of aliphatic hydroxyl groups is 1. The summed E-state index contributed by atoms with van der Waals surface area (Å²) in [7, 11) is 0. The van der Waals surface area contributed by atoms with Crippen molar-refractivity contribution in [2.24, 2.45) is 0 Å². The van der Waals surface area contributed by atoms with Crippen LogP contribution in [0.2, 0.25) is 0 Å². The van der Waals surface area contributed by atoms with Gasteiger partial charge in [-0.05, 0) is 32.4 Å². The highest BCUT2D eigenvalue weighted by Gasteiger charge is 2.19. The Hall–Kier alpha value is -1.88. The molecule has 0 bridgehead atoms. The SMILES string of the molecule is CC(C)N(CCCO)C(=O)Cc1noc2ccccc12. The van der Waals surface area contributed by atoms with E-state index < -0.39 is 0 Å². The van der Waals surface area contributed by atoms with Crippen LogP contribution in [0.5, 0.6) is 0 Å². The molecule has 20 heavy (non-hydrogen) atoms. The summed E-state index contributed by atoms with van der Waals surface area (Å²) >= 11 is 0. The molecule has 1 N–H and O–H groups in total. The third-order valence-electron chi connectivity index (χ3n) is 3.27. The quantitative estimate of drug-likeness (QED) is 0.876. The monoisotopic (exact) mass is 276 g/mol. The van der Waals surface area contributed by atoms with Gasteiger partial charge in [-0.3, -0.25) is 4.79 Å². The minimum absolute atomic E-state index is 0.00695. The van der Waals surface area contributed by atoms with Gasteiger partial charge in [-0.15, -0.1) is 0 Å². The number of hydrogen-bond acceptors (Lipinski definition) is 4. The average Bonchev–Trinajstić information content (AvgIpc) is 2.82. The molecule has 0 saturated heterocycles. The molecule has 1 heterocycles. The van der Waals surface area contributed by atoms with E-state index in [2.05, 4.69) is 5.16 Å². The van der Waals surface area contributed by atoms with Gasteiger partial charge in [0, 0.05) is 24.6 Å². The molecule has 1 aromatic heterocycles. The van der Waals surface area contributed by atoms with Gasteiger partial charge < -0.3 is 14.5 Å². The fraction of sp³-hybridized carbons (Fsp3) is 0.467. The second-order valence-electron chi connectivity index (χ2n) is 5.06. The first kappa shape index (κ1) is 14.5. The van der Waals surface area contributed by atoms with Crippen molar-refractivity contribution in [1.29, 1.82) is 0 Å². The molecule has 0 unspecified atom stereocenters. The van der Waals surface area contributed by atoms with Gasteiger partial charge in [-0.25, -0.2) is 0 Å². The molecule has 2 aromatic rings. The van der Waals surface area contributed by atoms with Crippen LogP contribution in [0.25, 0.3) is 11.0 Å². The van der Waals surface area contributed by atoms with E-state index in [1.54, 1.807) is 4.90 Å². The predicted octanol–water partition coefficient (Wildman–Crippen LogP) is 1.99. The molecule has 0 aliphatic carbocycles. The highest BCUT2D eigenvalue weighted by atomic mass is 16.5. The number of para-hydroxylation sites is 1. The highest BCUT2D eigenvalue weighted by Crippen LogP contribution is 2.19. The van der Waals surface area contributed by atoms with Gasteiger partial charge >= 0.3 is 0 Å². The number of carbonyl (C=O) groups excluding carboxylic acids is 1. The molecule has 1 aromatic carbocycles. The lowest BCUT2D eigenvalue weighted by atomic mass is 10.1. The second kappa shape index (κ2) is 6.52. The molecule has 5 heteroatoms. The molecular formula is C15H20N2O3. The Bertz CT molecular complexity index is 577. The van der Waals surface area contributed by atoms with Crippen molar-refractivity contribution in [3.05, 3.63) is 30.0 Å². The second-order valence-corrected chi connectivity index (χ2v) is 5.06. The fourth-order valence-electron chi connectivity index (χ4n) is 2.22. The summed E-state index contributed by atoms with van der Waals surface area (Å²) in [6.07, 6.45) is 0.810. The zero-order valence-corrected chi connectivity index (χ0v) is 11.9. The number of aromatic nitrogens is 1. The predicted molar refractivity (Wildman–Crippen MR) is 76.3 cm³/mol. The van der Waals surface area contributed by atoms with Crippen LogP contribution in [0.1, 0.15) is 26.0 Å². The minimum atomic E-state index is 0.00695. The number of hydrogen-bond donors (Lipinski definition) is 1. The molecule has 0 aliphatic rings. The Morgan fingerprint density at radius 3 is 2.85 bits per heavy atom. The van der Waals surface area contributed by atoms with Crippen LogP contribution in [0.15, 0.2) is 28.8 Å². The fourth-order valence-corrected chi connectivity index (χ4v) is 2.22. The van der Waals surface area contributed by atoms with Crippen LogP contribution in [0.3, 0.4) is 0 Å². The van der Waals surface area contributed by atoms with Crippen molar-refractivity contribution >= 4 is 16.9 Å².